The van der Waals surface area contributed by atoms with E-state index < -0.39 is 10.7 Å². The van der Waals surface area contributed by atoms with Gasteiger partial charge in [-0.15, -0.1) is 6.58 Å². The second kappa shape index (κ2) is 21.2. The zero-order valence-corrected chi connectivity index (χ0v) is 21.5. The Morgan fingerprint density at radius 2 is 1.62 bits per heavy atom. The van der Waals surface area contributed by atoms with Gasteiger partial charge in [-0.2, -0.15) is 0 Å². The first-order valence-corrected chi connectivity index (χ1v) is 11.9. The van der Waals surface area contributed by atoms with Crippen molar-refractivity contribution in [1.82, 2.24) is 0 Å². The van der Waals surface area contributed by atoms with Crippen molar-refractivity contribution in [2.24, 2.45) is 5.92 Å². The van der Waals surface area contributed by atoms with Crippen molar-refractivity contribution in [2.45, 2.75) is 104 Å². The lowest BCUT2D eigenvalue weighted by molar-refractivity contribution is -0.245. The predicted molar refractivity (Wildman–Crippen MR) is 138 cm³/mol. The lowest BCUT2D eigenvalue weighted by atomic mass is 9.97. The molecule has 0 spiro atoms. The summed E-state index contributed by atoms with van der Waals surface area (Å²) in [6.07, 6.45) is 8.72. The number of thiocarbonyl (C=S) groups is 1. The molecule has 0 radical (unpaired) electrons. The van der Waals surface area contributed by atoms with Gasteiger partial charge in [0, 0.05) is 4.75 Å². The number of carbonyl (C=O) groups is 1. The number of hydrogen-bond donors (Lipinski definition) is 2. The molecular weight excluding hydrogens is 424 g/mol. The lowest BCUT2D eigenvalue weighted by Crippen LogP contribution is -2.29. The van der Waals surface area contributed by atoms with Gasteiger partial charge >= 0.3 is 5.97 Å². The molecule has 2 N–H and O–H groups in total. The molecule has 0 fully saturated rings. The molecule has 0 saturated carbocycles. The molecule has 0 aromatic carbocycles. The van der Waals surface area contributed by atoms with Crippen LogP contribution in [0.25, 0.3) is 0 Å². The second-order valence-electron chi connectivity index (χ2n) is 7.54. The average molecular weight is 471 g/mol. The third-order valence-electron chi connectivity index (χ3n) is 3.75. The van der Waals surface area contributed by atoms with Crippen LogP contribution < -0.4 is 0 Å². The fourth-order valence-corrected chi connectivity index (χ4v) is 5.71. The number of allylic oxidation sites excluding steroid dienone is 1. The van der Waals surface area contributed by atoms with Crippen molar-refractivity contribution in [3.8, 4) is 0 Å². The molecule has 0 unspecified atom stereocenters. The van der Waals surface area contributed by atoms with Crippen LogP contribution in [0.2, 0.25) is 0 Å². The summed E-state index contributed by atoms with van der Waals surface area (Å²) in [5.41, 5.74) is 0. The van der Waals surface area contributed by atoms with Crippen molar-refractivity contribution in [2.75, 3.05) is 6.61 Å². The molecule has 29 heavy (non-hydrogen) atoms. The zero-order valence-electron chi connectivity index (χ0n) is 19.0. The van der Waals surface area contributed by atoms with Crippen LogP contribution in [0.4, 0.5) is 0 Å². The van der Waals surface area contributed by atoms with E-state index in [1.165, 1.54) is 43.9 Å². The fourth-order valence-electron chi connectivity index (χ4n) is 1.87. The Balaban J connectivity index is -0.000000204. The molecule has 0 atom stereocenters. The van der Waals surface area contributed by atoms with Crippen molar-refractivity contribution < 1.29 is 20.0 Å². The summed E-state index contributed by atoms with van der Waals surface area (Å²) in [4.78, 5) is 15.0. The Kier molecular flexibility index (Phi) is 26.5. The minimum Gasteiger partial charge on any atom is -0.480 e. The summed E-state index contributed by atoms with van der Waals surface area (Å²) in [6, 6.07) is 0. The number of thioether (sulfide) groups is 2. The van der Waals surface area contributed by atoms with E-state index in [9.17, 15) is 4.79 Å². The Morgan fingerprint density at radius 1 is 1.17 bits per heavy atom. The first-order valence-electron chi connectivity index (χ1n) is 9.85. The van der Waals surface area contributed by atoms with Crippen molar-refractivity contribution in [1.29, 1.82) is 0 Å². The number of carboxylic acid groups (broad SMARTS) is 1. The van der Waals surface area contributed by atoms with Crippen LogP contribution in [0.15, 0.2) is 12.7 Å². The van der Waals surface area contributed by atoms with Crippen molar-refractivity contribution >= 4 is 45.2 Å². The second-order valence-corrected chi connectivity index (χ2v) is 12.1. The Hall–Kier alpha value is -0.0800. The molecule has 7 heteroatoms. The normalized spacial score (nSPS) is 10.7. The van der Waals surface area contributed by atoms with E-state index in [-0.39, 0.29) is 18.8 Å². The summed E-state index contributed by atoms with van der Waals surface area (Å²) in [7, 11) is 0. The largest absolute Gasteiger partial charge is 0.480 e. The smallest absolute Gasteiger partial charge is 0.319 e. The summed E-state index contributed by atoms with van der Waals surface area (Å²) in [5.74, 6) is 0.0987. The fraction of sp³-hybridized carbons (Fsp3) is 0.818. The van der Waals surface area contributed by atoms with E-state index >= 15 is 0 Å². The lowest BCUT2D eigenvalue weighted by Gasteiger charge is -2.24. The van der Waals surface area contributed by atoms with Gasteiger partial charge in [0.1, 0.15) is 8.28 Å². The highest BCUT2D eigenvalue weighted by Gasteiger charge is 2.32. The van der Waals surface area contributed by atoms with Gasteiger partial charge in [0.25, 0.3) is 0 Å². The minimum absolute atomic E-state index is 0. The average Bonchev–Trinajstić information content (AvgIpc) is 2.55. The van der Waals surface area contributed by atoms with Crippen molar-refractivity contribution in [3.05, 3.63) is 12.7 Å². The Morgan fingerprint density at radius 3 is 1.93 bits per heavy atom. The van der Waals surface area contributed by atoms with E-state index in [1.54, 1.807) is 19.9 Å². The number of unbranched alkanes of at least 4 members (excludes halogenated alkanes) is 1. The van der Waals surface area contributed by atoms with Gasteiger partial charge in [0.2, 0.25) is 0 Å². The number of carboxylic acids is 1. The first kappa shape index (κ1) is 36.3. The molecule has 0 aliphatic rings. The van der Waals surface area contributed by atoms with Crippen LogP contribution in [0.5, 0.6) is 0 Å². The van der Waals surface area contributed by atoms with Gasteiger partial charge in [-0.25, -0.2) is 4.89 Å². The highest BCUT2D eigenvalue weighted by atomic mass is 32.2. The highest BCUT2D eigenvalue weighted by molar-refractivity contribution is 8.48. The van der Waals surface area contributed by atoms with E-state index in [2.05, 4.69) is 32.2 Å². The molecule has 176 valence electrons. The Bertz CT molecular complexity index is 420. The molecule has 0 rings (SSSR count). The minimum atomic E-state index is -0.944. The third kappa shape index (κ3) is 24.1. The number of hydrogen-bond acceptors (Lipinski definition) is 6. The molecule has 4 nitrogen and oxygen atoms in total. The van der Waals surface area contributed by atoms with E-state index in [4.69, 9.17) is 22.6 Å². The van der Waals surface area contributed by atoms with Crippen LogP contribution in [-0.2, 0) is 9.68 Å². The van der Waals surface area contributed by atoms with Crippen LogP contribution in [-0.4, -0.2) is 36.0 Å². The topological polar surface area (TPSA) is 66.8 Å². The van der Waals surface area contributed by atoms with Crippen LogP contribution in [0, 0.1) is 5.92 Å². The molecule has 0 amide bonds. The standard InChI is InChI=1S/C9H16O4S3.C9H20.C3H6.CH4/c1-8(2,5-13-12)15-7(14)16-9(3,4)6(10)11;1-4-7-8-9(5-2)6-3;1-3-2;/h12H,5H2,1-4H3,(H,10,11);9H,4-8H2,1-3H3;3H,1H2,2H3;1H4. The van der Waals surface area contributed by atoms with Crippen LogP contribution in [0.3, 0.4) is 0 Å². The third-order valence-corrected chi connectivity index (χ3v) is 6.43. The number of aliphatic carboxylic acids is 1. The molecule has 0 heterocycles. The van der Waals surface area contributed by atoms with E-state index in [0.717, 1.165) is 17.7 Å². The van der Waals surface area contributed by atoms with Gasteiger partial charge in [-0.3, -0.25) is 10.1 Å². The maximum Gasteiger partial charge on any atom is 0.319 e. The molecule has 0 aromatic rings. The molecule has 0 aliphatic heterocycles. The van der Waals surface area contributed by atoms with Crippen LogP contribution >= 0.6 is 35.7 Å². The zero-order chi connectivity index (χ0) is 22.8. The SMILES string of the molecule is C.C=CC.CC(C)(COO)SC(=S)SC(C)(C)C(=O)O.CCCCC(CC)CC. The van der Waals surface area contributed by atoms with Crippen molar-refractivity contribution in [3.63, 3.8) is 0 Å². The quantitative estimate of drug-likeness (QED) is 0.144. The predicted octanol–water partition coefficient (Wildman–Crippen LogP) is 8.31. The summed E-state index contributed by atoms with van der Waals surface area (Å²) < 4.78 is -0.803. The van der Waals surface area contributed by atoms with Gasteiger partial charge in [0.15, 0.2) is 0 Å². The van der Waals surface area contributed by atoms with Gasteiger partial charge in [0.05, 0.1) is 6.61 Å². The first-order chi connectivity index (χ1) is 12.9. The Labute approximate surface area is 194 Å². The summed E-state index contributed by atoms with van der Waals surface area (Å²) in [6.45, 7) is 19.1. The molecule has 0 aliphatic carbocycles. The molecule has 0 saturated heterocycles. The summed E-state index contributed by atoms with van der Waals surface area (Å²) >= 11 is 7.55. The van der Waals surface area contributed by atoms with Crippen LogP contribution in [0.1, 0.15) is 94.9 Å². The van der Waals surface area contributed by atoms with E-state index in [1.807, 2.05) is 20.8 Å². The highest BCUT2D eigenvalue weighted by Crippen LogP contribution is 2.36. The molecule has 0 aromatic heterocycles. The molecular formula is C22H46O4S3. The molecule has 0 bridgehead atoms. The van der Waals surface area contributed by atoms with Gasteiger partial charge < -0.3 is 5.11 Å². The van der Waals surface area contributed by atoms with E-state index in [0.29, 0.717) is 3.53 Å². The maximum atomic E-state index is 10.9. The van der Waals surface area contributed by atoms with Gasteiger partial charge in [-0.1, -0.05) is 102 Å². The summed E-state index contributed by atoms with van der Waals surface area (Å²) in [5, 5.41) is 17.3. The number of rotatable bonds is 10. The maximum absolute atomic E-state index is 10.9. The monoisotopic (exact) mass is 470 g/mol. The van der Waals surface area contributed by atoms with Gasteiger partial charge in [-0.05, 0) is 40.5 Å².